The topological polar surface area (TPSA) is 31.7 Å². The fourth-order valence-corrected chi connectivity index (χ4v) is 14.0. The smallest absolute Gasteiger partial charge is 0.143 e. The molecule has 8 aromatic carbocycles. The van der Waals surface area contributed by atoms with Crippen LogP contribution >= 0.6 is 0 Å². The highest BCUT2D eigenvalue weighted by Gasteiger charge is 2.60. The molecule has 2 aliphatic heterocycles. The summed E-state index contributed by atoms with van der Waals surface area (Å²) in [5.74, 6) is 0. The highest BCUT2D eigenvalue weighted by atomic mass is 16.3. The van der Waals surface area contributed by atoms with Crippen molar-refractivity contribution in [2.75, 3.05) is 22.2 Å². The van der Waals surface area contributed by atoms with E-state index in [1.807, 2.05) is 7.05 Å². The van der Waals surface area contributed by atoms with Gasteiger partial charge in [-0.25, -0.2) is 0 Å². The first-order valence-corrected chi connectivity index (χ1v) is 25.0. The van der Waals surface area contributed by atoms with Crippen LogP contribution in [0, 0.1) is 0 Å². The SMILES string of the molecule is CNc1ccc2c(c1)oc1c(-c3ccc(N4c5ccccc5C5(C)CCCC45C)cc3)cc(-c3ccccc3)c(-c3ccc(N4c5ccccc5C5(C)CCCCC45C)cc3-c3ccccc3)c12. The van der Waals surface area contributed by atoms with Crippen molar-refractivity contribution in [1.29, 1.82) is 0 Å². The first kappa shape index (κ1) is 41.2. The number of hydrogen-bond acceptors (Lipinski definition) is 4. The third-order valence-corrected chi connectivity index (χ3v) is 17.9. The van der Waals surface area contributed by atoms with Crippen molar-refractivity contribution in [2.45, 2.75) is 94.5 Å². The number of benzene rings is 8. The molecular formula is C64H59N3O. The van der Waals surface area contributed by atoms with Gasteiger partial charge in [0.15, 0.2) is 0 Å². The van der Waals surface area contributed by atoms with Gasteiger partial charge in [-0.15, -0.1) is 0 Å². The minimum absolute atomic E-state index is 0.00923. The Morgan fingerprint density at radius 2 is 1.00 bits per heavy atom. The predicted molar refractivity (Wildman–Crippen MR) is 286 cm³/mol. The molecule has 4 atom stereocenters. The fourth-order valence-electron chi connectivity index (χ4n) is 14.0. The molecule has 2 fully saturated rings. The zero-order valence-electron chi connectivity index (χ0n) is 40.0. The predicted octanol–water partition coefficient (Wildman–Crippen LogP) is 17.4. The lowest BCUT2D eigenvalue weighted by molar-refractivity contribution is 0.195. The van der Waals surface area contributed by atoms with Crippen LogP contribution in [0.3, 0.4) is 0 Å². The standard InChI is InChI=1S/C64H59N3O/c1-61-35-16-17-37-63(61,3)67(56-26-15-13-24-54(56)61)47-32-34-48(50(40-47)42-19-8-6-9-20-42)58-51(43-21-10-7-11-22-43)41-52(60-59(58)49-33-29-45(65-5)39-57(49)68-60)44-27-30-46(31-28-44)66-55-25-14-12-23-53(55)62(2)36-18-38-64(62,66)4/h6-15,19-34,39-41,65H,16-18,35-38H2,1-5H3. The molecule has 0 radical (unpaired) electrons. The fraction of sp³-hybridized carbons (Fsp3) is 0.250. The lowest BCUT2D eigenvalue weighted by Crippen LogP contribution is -2.54. The molecule has 4 heteroatoms. The summed E-state index contributed by atoms with van der Waals surface area (Å²) in [6.07, 6.45) is 8.48. The van der Waals surface area contributed by atoms with Gasteiger partial charge in [0.2, 0.25) is 0 Å². The quantitative estimate of drug-likeness (QED) is 0.173. The summed E-state index contributed by atoms with van der Waals surface area (Å²) < 4.78 is 7.21. The second-order valence-corrected chi connectivity index (χ2v) is 21.1. The average Bonchev–Trinajstić information content (AvgIpc) is 4.03. The lowest BCUT2D eigenvalue weighted by atomic mass is 9.61. The van der Waals surface area contributed by atoms with Crippen LogP contribution in [0.5, 0.6) is 0 Å². The number of hydrogen-bond donors (Lipinski definition) is 1. The minimum atomic E-state index is -0.0531. The van der Waals surface area contributed by atoms with E-state index in [1.165, 1.54) is 106 Å². The molecule has 2 aliphatic carbocycles. The molecule has 336 valence electrons. The Hall–Kier alpha value is -7.04. The number of para-hydroxylation sites is 2. The Morgan fingerprint density at radius 1 is 0.456 bits per heavy atom. The first-order chi connectivity index (χ1) is 33.1. The van der Waals surface area contributed by atoms with Crippen molar-refractivity contribution in [3.63, 3.8) is 0 Å². The molecule has 1 aromatic heterocycles. The van der Waals surface area contributed by atoms with Crippen LogP contribution in [0.1, 0.15) is 83.8 Å². The number of furan rings is 1. The monoisotopic (exact) mass is 885 g/mol. The third kappa shape index (κ3) is 5.61. The van der Waals surface area contributed by atoms with Gasteiger partial charge in [-0.05, 0) is 139 Å². The third-order valence-electron chi connectivity index (χ3n) is 17.9. The van der Waals surface area contributed by atoms with E-state index >= 15 is 0 Å². The van der Waals surface area contributed by atoms with Crippen LogP contribution in [0.4, 0.5) is 28.4 Å². The van der Waals surface area contributed by atoms with E-state index in [4.69, 9.17) is 4.42 Å². The zero-order chi connectivity index (χ0) is 46.0. The maximum Gasteiger partial charge on any atom is 0.143 e. The van der Waals surface area contributed by atoms with Crippen molar-refractivity contribution >= 4 is 50.4 Å². The molecule has 9 aromatic rings. The number of nitrogens with one attached hydrogen (secondary N) is 1. The van der Waals surface area contributed by atoms with Gasteiger partial charge in [0.1, 0.15) is 11.2 Å². The summed E-state index contributed by atoms with van der Waals surface area (Å²) in [5.41, 5.74) is 20.4. The van der Waals surface area contributed by atoms with Crippen molar-refractivity contribution in [1.82, 2.24) is 0 Å². The number of rotatable bonds is 7. The summed E-state index contributed by atoms with van der Waals surface area (Å²) in [6, 6.07) is 66.1. The van der Waals surface area contributed by atoms with Gasteiger partial charge in [-0.2, -0.15) is 0 Å². The van der Waals surface area contributed by atoms with E-state index in [9.17, 15) is 0 Å². The molecule has 0 spiro atoms. The highest BCUT2D eigenvalue weighted by molar-refractivity contribution is 6.21. The van der Waals surface area contributed by atoms with Crippen molar-refractivity contribution in [3.05, 3.63) is 187 Å². The van der Waals surface area contributed by atoms with E-state index in [2.05, 4.69) is 219 Å². The zero-order valence-corrected chi connectivity index (χ0v) is 40.0. The van der Waals surface area contributed by atoms with E-state index in [0.717, 1.165) is 45.2 Å². The van der Waals surface area contributed by atoms with E-state index < -0.39 is 0 Å². The highest BCUT2D eigenvalue weighted by Crippen LogP contribution is 2.63. The second-order valence-electron chi connectivity index (χ2n) is 21.1. The Morgan fingerprint density at radius 3 is 1.66 bits per heavy atom. The van der Waals surface area contributed by atoms with Gasteiger partial charge in [-0.1, -0.05) is 148 Å². The van der Waals surface area contributed by atoms with Crippen molar-refractivity contribution in [3.8, 4) is 44.5 Å². The molecule has 0 amide bonds. The van der Waals surface area contributed by atoms with Crippen LogP contribution in [-0.2, 0) is 10.8 Å². The molecule has 13 rings (SSSR count). The van der Waals surface area contributed by atoms with Gasteiger partial charge in [-0.3, -0.25) is 0 Å². The number of anilines is 5. The van der Waals surface area contributed by atoms with Crippen molar-refractivity contribution in [2.24, 2.45) is 0 Å². The van der Waals surface area contributed by atoms with Gasteiger partial charge >= 0.3 is 0 Å². The summed E-state index contributed by atoms with van der Waals surface area (Å²) >= 11 is 0. The number of fused-ring (bicyclic) bond motifs is 9. The molecule has 1 N–H and O–H groups in total. The summed E-state index contributed by atoms with van der Waals surface area (Å²) in [5, 5.41) is 5.62. The van der Waals surface area contributed by atoms with Crippen LogP contribution in [0.15, 0.2) is 180 Å². The summed E-state index contributed by atoms with van der Waals surface area (Å²) in [4.78, 5) is 5.36. The Bertz CT molecular complexity index is 3450. The van der Waals surface area contributed by atoms with Crippen LogP contribution in [0.2, 0.25) is 0 Å². The van der Waals surface area contributed by atoms with Crippen LogP contribution in [0.25, 0.3) is 66.4 Å². The molecule has 0 bridgehead atoms. The Balaban J connectivity index is 1.05. The van der Waals surface area contributed by atoms with Crippen LogP contribution < -0.4 is 15.1 Å². The molecule has 0 saturated heterocycles. The summed E-state index contributed by atoms with van der Waals surface area (Å²) in [6.45, 7) is 10.0. The molecule has 68 heavy (non-hydrogen) atoms. The molecule has 3 heterocycles. The maximum absolute atomic E-state index is 7.21. The Kier molecular flexibility index (Phi) is 9.07. The molecule has 4 unspecified atom stereocenters. The van der Waals surface area contributed by atoms with Crippen LogP contribution in [-0.4, -0.2) is 18.1 Å². The van der Waals surface area contributed by atoms with E-state index in [-0.39, 0.29) is 21.9 Å². The summed E-state index contributed by atoms with van der Waals surface area (Å²) in [7, 11) is 1.98. The molecule has 4 aliphatic rings. The minimum Gasteiger partial charge on any atom is -0.455 e. The Labute approximate surface area is 401 Å². The first-order valence-electron chi connectivity index (χ1n) is 25.0. The second kappa shape index (κ2) is 15.0. The number of nitrogens with zero attached hydrogens (tertiary/aromatic N) is 2. The lowest BCUT2D eigenvalue weighted by Gasteiger charge is -2.50. The van der Waals surface area contributed by atoms with E-state index in [1.54, 1.807) is 0 Å². The van der Waals surface area contributed by atoms with Crippen molar-refractivity contribution < 1.29 is 4.42 Å². The normalized spacial score (nSPS) is 23.7. The molecule has 2 saturated carbocycles. The average molecular weight is 886 g/mol. The molecular weight excluding hydrogens is 827 g/mol. The van der Waals surface area contributed by atoms with Gasteiger partial charge < -0.3 is 19.5 Å². The van der Waals surface area contributed by atoms with Gasteiger partial charge in [0, 0.05) is 74.3 Å². The van der Waals surface area contributed by atoms with Gasteiger partial charge in [0.25, 0.3) is 0 Å². The molecule has 4 nitrogen and oxygen atoms in total. The largest absolute Gasteiger partial charge is 0.455 e. The van der Waals surface area contributed by atoms with Gasteiger partial charge in [0.05, 0.1) is 11.1 Å². The maximum atomic E-state index is 7.21. The van der Waals surface area contributed by atoms with E-state index in [0.29, 0.717) is 0 Å².